The molecule has 29 heavy (non-hydrogen) atoms. The summed E-state index contributed by atoms with van der Waals surface area (Å²) in [4.78, 5) is 16.4. The first-order chi connectivity index (χ1) is 13.7. The zero-order chi connectivity index (χ0) is 21.0. The monoisotopic (exact) mass is 428 g/mol. The summed E-state index contributed by atoms with van der Waals surface area (Å²) in [7, 11) is 0. The van der Waals surface area contributed by atoms with Crippen LogP contribution < -0.4 is 14.8 Å². The van der Waals surface area contributed by atoms with E-state index in [-0.39, 0.29) is 29.5 Å². The fourth-order valence-corrected chi connectivity index (χ4v) is 2.91. The average Bonchev–Trinajstić information content (AvgIpc) is 3.45. The number of pyridine rings is 1. The molecule has 3 rings (SSSR count). The van der Waals surface area contributed by atoms with Gasteiger partial charge in [-0.3, -0.25) is 9.78 Å². The van der Waals surface area contributed by atoms with E-state index in [1.165, 1.54) is 18.3 Å². The Kier molecular flexibility index (Phi) is 6.52. The topological polar surface area (TPSA) is 60.5 Å². The molecule has 1 aliphatic carbocycles. The van der Waals surface area contributed by atoms with Gasteiger partial charge in [0.2, 0.25) is 5.91 Å². The molecule has 5 nitrogen and oxygen atoms in total. The maximum atomic E-state index is 12.4. The zero-order valence-corrected chi connectivity index (χ0v) is 16.3. The maximum absolute atomic E-state index is 12.4. The highest BCUT2D eigenvalue weighted by Gasteiger charge is 2.43. The number of ether oxygens (including phenoxy) is 2. The van der Waals surface area contributed by atoms with E-state index in [1.54, 1.807) is 31.2 Å². The molecule has 1 aromatic carbocycles. The highest BCUT2D eigenvalue weighted by molar-refractivity contribution is 6.30. The third-order valence-corrected chi connectivity index (χ3v) is 4.75. The maximum Gasteiger partial charge on any atom is 0.422 e. The Morgan fingerprint density at radius 1 is 1.21 bits per heavy atom. The molecule has 9 heteroatoms. The van der Waals surface area contributed by atoms with E-state index in [0.717, 1.165) is 6.42 Å². The molecule has 3 atom stereocenters. The molecule has 1 fully saturated rings. The molecule has 0 radical (unpaired) electrons. The van der Waals surface area contributed by atoms with E-state index in [0.29, 0.717) is 23.1 Å². The normalized spacial score (nSPS) is 19.3. The van der Waals surface area contributed by atoms with Gasteiger partial charge in [-0.15, -0.1) is 0 Å². The van der Waals surface area contributed by atoms with Gasteiger partial charge in [0.05, 0.1) is 24.5 Å². The van der Waals surface area contributed by atoms with Gasteiger partial charge in [0.15, 0.2) is 6.61 Å². The van der Waals surface area contributed by atoms with Crippen molar-refractivity contribution in [3.8, 4) is 11.5 Å². The number of rotatable bonds is 8. The van der Waals surface area contributed by atoms with Gasteiger partial charge in [0.25, 0.3) is 0 Å². The average molecular weight is 429 g/mol. The predicted octanol–water partition coefficient (Wildman–Crippen LogP) is 4.57. The Balaban J connectivity index is 1.43. The number of amides is 1. The van der Waals surface area contributed by atoms with E-state index in [4.69, 9.17) is 16.3 Å². The molecule has 1 aromatic heterocycles. The zero-order valence-electron chi connectivity index (χ0n) is 15.6. The smallest absolute Gasteiger partial charge is 0.422 e. The summed E-state index contributed by atoms with van der Waals surface area (Å²) in [6.07, 6.45) is -2.45. The first-order valence-electron chi connectivity index (χ1n) is 9.05. The fraction of sp³-hybridized carbons (Fsp3) is 0.400. The van der Waals surface area contributed by atoms with Crippen LogP contribution in [0.5, 0.6) is 11.5 Å². The lowest BCUT2D eigenvalue weighted by atomic mass is 10.2. The van der Waals surface area contributed by atoms with Crippen molar-refractivity contribution in [1.29, 1.82) is 0 Å². The number of benzene rings is 1. The van der Waals surface area contributed by atoms with Gasteiger partial charge in [0, 0.05) is 16.9 Å². The van der Waals surface area contributed by atoms with Crippen LogP contribution in [0.1, 0.15) is 25.1 Å². The van der Waals surface area contributed by atoms with Crippen molar-refractivity contribution < 1.29 is 27.4 Å². The number of carbonyl (C=O) groups excluding carboxylic acids is 1. The standard InChI is InChI=1S/C20H20ClF3N2O3/c1-12(18-7-6-16(9-25-18)29-11-20(22,23)24)26-19(27)17-8-13(17)10-28-15-4-2-14(21)3-5-15/h2-7,9,12-13,17H,8,10-11H2,1H3,(H,26,27)/t12-,13?,17?/m1/s1. The number of nitrogens with zero attached hydrogens (tertiary/aromatic N) is 1. The minimum atomic E-state index is -4.40. The van der Waals surface area contributed by atoms with Crippen LogP contribution in [0.2, 0.25) is 5.02 Å². The molecule has 0 bridgehead atoms. The number of alkyl halides is 3. The Morgan fingerprint density at radius 3 is 2.52 bits per heavy atom. The summed E-state index contributed by atoms with van der Waals surface area (Å²) < 4.78 is 46.8. The van der Waals surface area contributed by atoms with E-state index in [1.807, 2.05) is 0 Å². The van der Waals surface area contributed by atoms with Crippen molar-refractivity contribution in [2.45, 2.75) is 25.6 Å². The summed E-state index contributed by atoms with van der Waals surface area (Å²) in [6, 6.07) is 9.58. The lowest BCUT2D eigenvalue weighted by molar-refractivity contribution is -0.153. The van der Waals surface area contributed by atoms with Crippen molar-refractivity contribution in [1.82, 2.24) is 10.3 Å². The van der Waals surface area contributed by atoms with Crippen molar-refractivity contribution in [3.63, 3.8) is 0 Å². The number of aromatic nitrogens is 1. The molecule has 2 aromatic rings. The van der Waals surface area contributed by atoms with Crippen LogP contribution in [0.4, 0.5) is 13.2 Å². The first-order valence-corrected chi connectivity index (χ1v) is 9.43. The third kappa shape index (κ3) is 6.52. The molecule has 1 aliphatic rings. The van der Waals surface area contributed by atoms with E-state index in [2.05, 4.69) is 15.0 Å². The molecule has 2 unspecified atom stereocenters. The summed E-state index contributed by atoms with van der Waals surface area (Å²) in [5, 5.41) is 3.50. The molecule has 0 spiro atoms. The van der Waals surface area contributed by atoms with Gasteiger partial charge >= 0.3 is 6.18 Å². The van der Waals surface area contributed by atoms with Crippen molar-refractivity contribution in [2.24, 2.45) is 11.8 Å². The van der Waals surface area contributed by atoms with Crippen LogP contribution in [0.25, 0.3) is 0 Å². The summed E-state index contributed by atoms with van der Waals surface area (Å²) in [5.41, 5.74) is 0.535. The second-order valence-electron chi connectivity index (χ2n) is 6.92. The highest BCUT2D eigenvalue weighted by Crippen LogP contribution is 2.39. The van der Waals surface area contributed by atoms with E-state index in [9.17, 15) is 18.0 Å². The second kappa shape index (κ2) is 8.90. The number of hydrogen-bond acceptors (Lipinski definition) is 4. The van der Waals surface area contributed by atoms with Crippen molar-refractivity contribution >= 4 is 17.5 Å². The molecule has 1 N–H and O–H groups in total. The summed E-state index contributed by atoms with van der Waals surface area (Å²) in [5.74, 6) is 0.640. The second-order valence-corrected chi connectivity index (χ2v) is 7.36. The lowest BCUT2D eigenvalue weighted by Gasteiger charge is -2.14. The summed E-state index contributed by atoms with van der Waals surface area (Å²) >= 11 is 5.83. The van der Waals surface area contributed by atoms with Crippen molar-refractivity contribution in [2.75, 3.05) is 13.2 Å². The van der Waals surface area contributed by atoms with Gasteiger partial charge in [-0.25, -0.2) is 0 Å². The molecular weight excluding hydrogens is 409 g/mol. The number of carbonyl (C=O) groups is 1. The highest BCUT2D eigenvalue weighted by atomic mass is 35.5. The van der Waals surface area contributed by atoms with Gasteiger partial charge in [-0.05, 0) is 49.7 Å². The SMILES string of the molecule is C[C@@H](NC(=O)C1CC1COc1ccc(Cl)cc1)c1ccc(OCC(F)(F)F)cn1. The van der Waals surface area contributed by atoms with Gasteiger partial charge < -0.3 is 14.8 Å². The quantitative estimate of drug-likeness (QED) is 0.669. The van der Waals surface area contributed by atoms with Crippen LogP contribution in [-0.2, 0) is 4.79 Å². The van der Waals surface area contributed by atoms with Crippen LogP contribution in [0.3, 0.4) is 0 Å². The number of halogens is 4. The van der Waals surface area contributed by atoms with Gasteiger partial charge in [-0.2, -0.15) is 13.2 Å². The Hall–Kier alpha value is -2.48. The molecular formula is C20H20ClF3N2O3. The Bertz CT molecular complexity index is 828. The molecule has 1 saturated carbocycles. The Labute approximate surface area is 171 Å². The number of hydrogen-bond donors (Lipinski definition) is 1. The third-order valence-electron chi connectivity index (χ3n) is 4.50. The van der Waals surface area contributed by atoms with Crippen LogP contribution >= 0.6 is 11.6 Å². The first kappa shape index (κ1) is 21.2. The minimum Gasteiger partial charge on any atom is -0.493 e. The molecule has 0 saturated heterocycles. The Morgan fingerprint density at radius 2 is 1.90 bits per heavy atom. The predicted molar refractivity (Wildman–Crippen MR) is 101 cm³/mol. The summed E-state index contributed by atoms with van der Waals surface area (Å²) in [6.45, 7) is 0.830. The molecule has 0 aliphatic heterocycles. The van der Waals surface area contributed by atoms with E-state index < -0.39 is 12.8 Å². The van der Waals surface area contributed by atoms with E-state index >= 15 is 0 Å². The fourth-order valence-electron chi connectivity index (χ4n) is 2.78. The van der Waals surface area contributed by atoms with Crippen LogP contribution in [-0.4, -0.2) is 30.3 Å². The molecule has 1 heterocycles. The van der Waals surface area contributed by atoms with Crippen molar-refractivity contribution in [3.05, 3.63) is 53.3 Å². The molecule has 156 valence electrons. The minimum absolute atomic E-state index is 0.0196. The molecule has 1 amide bonds. The number of nitrogens with one attached hydrogen (secondary N) is 1. The van der Waals surface area contributed by atoms with Gasteiger partial charge in [0.1, 0.15) is 11.5 Å². The van der Waals surface area contributed by atoms with Crippen LogP contribution in [0.15, 0.2) is 42.6 Å². The van der Waals surface area contributed by atoms with Gasteiger partial charge in [-0.1, -0.05) is 11.6 Å². The largest absolute Gasteiger partial charge is 0.493 e. The lowest BCUT2D eigenvalue weighted by Crippen LogP contribution is -2.29. The van der Waals surface area contributed by atoms with Crippen LogP contribution in [0, 0.1) is 11.8 Å².